The van der Waals surface area contributed by atoms with E-state index in [-0.39, 0.29) is 30.1 Å². The van der Waals surface area contributed by atoms with Crippen molar-refractivity contribution in [3.8, 4) is 0 Å². The van der Waals surface area contributed by atoms with Crippen LogP contribution in [0.3, 0.4) is 0 Å². The Morgan fingerprint density at radius 3 is 2.20 bits per heavy atom. The van der Waals surface area contributed by atoms with Crippen molar-refractivity contribution >= 4 is 35.3 Å². The quantitative estimate of drug-likeness (QED) is 0.191. The van der Waals surface area contributed by atoms with Gasteiger partial charge >= 0.3 is 0 Å². The van der Waals surface area contributed by atoms with Gasteiger partial charge in [-0.15, -0.1) is 0 Å². The van der Waals surface area contributed by atoms with E-state index in [2.05, 4.69) is 38.2 Å². The summed E-state index contributed by atoms with van der Waals surface area (Å²) in [6.07, 6.45) is 14.2. The summed E-state index contributed by atoms with van der Waals surface area (Å²) in [4.78, 5) is 90.7. The van der Waals surface area contributed by atoms with Gasteiger partial charge in [0.15, 0.2) is 0 Å². The van der Waals surface area contributed by atoms with E-state index in [1.807, 2.05) is 27.7 Å². The van der Waals surface area contributed by atoms with Gasteiger partial charge in [-0.05, 0) is 61.7 Å². The fourth-order valence-corrected chi connectivity index (χ4v) is 7.18. The lowest BCUT2D eigenvalue weighted by atomic mass is 9.82. The van der Waals surface area contributed by atoms with E-state index in [1.54, 1.807) is 0 Å². The third kappa shape index (κ3) is 11.1. The molecule has 13 nitrogen and oxygen atoms in total. The average Bonchev–Trinajstić information content (AvgIpc) is 3.82. The Morgan fingerprint density at radius 2 is 1.62 bits per heavy atom. The van der Waals surface area contributed by atoms with Crippen LogP contribution in [0, 0.1) is 23.2 Å². The minimum atomic E-state index is -1.02. The van der Waals surface area contributed by atoms with Gasteiger partial charge in [0, 0.05) is 25.0 Å². The standard InChI is InChI=1S/C37H57N7O6/c1-6-11-27(31(46)35(49)40-26-16-17-26)41-29(45)22-44(21-25-15-10-12-23(25)2)36(50)32(37(3,4)5)43-34(48)30(24-13-8-7-9-14-24)42-33(47)28-20-38-18-19-39-28/h18-20,23-27,30,32H,6-17,21-22H2,1-5H3,(H,40,49)(H,41,45)(H,42,47)(H,43,48)/t23-,25-,27-,30-,32?/m0/s1. The average molecular weight is 696 g/mol. The summed E-state index contributed by atoms with van der Waals surface area (Å²) in [5, 5.41) is 11.3. The van der Waals surface area contributed by atoms with Gasteiger partial charge in [0.05, 0.1) is 18.8 Å². The van der Waals surface area contributed by atoms with Crippen LogP contribution in [-0.4, -0.2) is 87.4 Å². The fourth-order valence-electron chi connectivity index (χ4n) is 7.18. The van der Waals surface area contributed by atoms with Gasteiger partial charge in [-0.2, -0.15) is 0 Å². The molecule has 3 fully saturated rings. The molecule has 1 unspecified atom stereocenters. The minimum Gasteiger partial charge on any atom is -0.347 e. The molecule has 0 bridgehead atoms. The van der Waals surface area contributed by atoms with Gasteiger partial charge in [0.25, 0.3) is 11.8 Å². The number of amides is 5. The summed E-state index contributed by atoms with van der Waals surface area (Å²) < 4.78 is 0. The molecule has 4 N–H and O–H groups in total. The van der Waals surface area contributed by atoms with E-state index < -0.39 is 58.9 Å². The molecule has 1 heterocycles. The van der Waals surface area contributed by atoms with Crippen LogP contribution in [0.2, 0.25) is 0 Å². The summed E-state index contributed by atoms with van der Waals surface area (Å²) in [5.41, 5.74) is -0.659. The normalized spacial score (nSPS) is 21.3. The van der Waals surface area contributed by atoms with Gasteiger partial charge < -0.3 is 26.2 Å². The third-order valence-corrected chi connectivity index (χ3v) is 10.4. The van der Waals surface area contributed by atoms with Crippen LogP contribution in [0.1, 0.15) is 122 Å². The van der Waals surface area contributed by atoms with Crippen molar-refractivity contribution in [2.24, 2.45) is 23.2 Å². The number of carbonyl (C=O) groups excluding carboxylic acids is 6. The highest BCUT2D eigenvalue weighted by molar-refractivity contribution is 6.38. The molecule has 3 aliphatic carbocycles. The molecule has 50 heavy (non-hydrogen) atoms. The predicted molar refractivity (Wildman–Crippen MR) is 187 cm³/mol. The molecule has 0 aliphatic heterocycles. The first-order valence-electron chi connectivity index (χ1n) is 18.6. The van der Waals surface area contributed by atoms with Crippen LogP contribution >= 0.6 is 0 Å². The van der Waals surface area contributed by atoms with E-state index >= 15 is 0 Å². The first-order valence-corrected chi connectivity index (χ1v) is 18.6. The number of carbonyl (C=O) groups is 6. The molecule has 5 atom stereocenters. The molecule has 0 spiro atoms. The van der Waals surface area contributed by atoms with E-state index in [9.17, 15) is 28.8 Å². The van der Waals surface area contributed by atoms with Crippen molar-refractivity contribution in [3.63, 3.8) is 0 Å². The van der Waals surface area contributed by atoms with Crippen molar-refractivity contribution in [3.05, 3.63) is 24.3 Å². The maximum atomic E-state index is 14.6. The molecular weight excluding hydrogens is 638 g/mol. The topological polar surface area (TPSA) is 180 Å². The number of nitrogens with one attached hydrogen (secondary N) is 4. The van der Waals surface area contributed by atoms with Crippen LogP contribution < -0.4 is 21.3 Å². The highest BCUT2D eigenvalue weighted by Gasteiger charge is 2.41. The van der Waals surface area contributed by atoms with Crippen LogP contribution in [0.4, 0.5) is 0 Å². The fraction of sp³-hybridized carbons (Fsp3) is 0.730. The second-order valence-electron chi connectivity index (χ2n) is 15.7. The first-order chi connectivity index (χ1) is 23.8. The molecule has 3 aliphatic rings. The van der Waals surface area contributed by atoms with Gasteiger partial charge in [-0.1, -0.05) is 73.1 Å². The highest BCUT2D eigenvalue weighted by atomic mass is 16.2. The third-order valence-electron chi connectivity index (χ3n) is 10.4. The largest absolute Gasteiger partial charge is 0.347 e. The molecule has 4 rings (SSSR count). The molecule has 0 aromatic carbocycles. The minimum absolute atomic E-state index is 0.00790. The highest BCUT2D eigenvalue weighted by Crippen LogP contribution is 2.33. The molecule has 276 valence electrons. The summed E-state index contributed by atoms with van der Waals surface area (Å²) in [6.45, 7) is 9.58. The Labute approximate surface area is 296 Å². The zero-order valence-electron chi connectivity index (χ0n) is 30.5. The maximum Gasteiger partial charge on any atom is 0.289 e. The molecule has 1 aromatic heterocycles. The zero-order chi connectivity index (χ0) is 36.4. The predicted octanol–water partition coefficient (Wildman–Crippen LogP) is 3.08. The van der Waals surface area contributed by atoms with Crippen LogP contribution in [0.25, 0.3) is 0 Å². The van der Waals surface area contributed by atoms with Gasteiger partial charge in [-0.25, -0.2) is 4.98 Å². The van der Waals surface area contributed by atoms with E-state index in [0.29, 0.717) is 25.3 Å². The van der Waals surface area contributed by atoms with Gasteiger partial charge in [-0.3, -0.25) is 33.8 Å². The lowest BCUT2D eigenvalue weighted by Crippen LogP contribution is -2.61. The van der Waals surface area contributed by atoms with Crippen LogP contribution in [-0.2, 0) is 24.0 Å². The number of Topliss-reactive ketones (excluding diaryl/α,β-unsaturated/α-hetero) is 1. The lowest BCUT2D eigenvalue weighted by molar-refractivity contribution is -0.144. The van der Waals surface area contributed by atoms with E-state index in [0.717, 1.165) is 64.2 Å². The zero-order valence-corrected chi connectivity index (χ0v) is 30.5. The summed E-state index contributed by atoms with van der Waals surface area (Å²) >= 11 is 0. The molecular formula is C37H57N7O6. The van der Waals surface area contributed by atoms with Gasteiger partial charge in [0.1, 0.15) is 17.8 Å². The van der Waals surface area contributed by atoms with E-state index in [4.69, 9.17) is 0 Å². The molecule has 0 radical (unpaired) electrons. The number of hydrogen-bond acceptors (Lipinski definition) is 8. The van der Waals surface area contributed by atoms with Crippen LogP contribution in [0.15, 0.2) is 18.6 Å². The number of hydrogen-bond donors (Lipinski definition) is 4. The molecule has 3 saturated carbocycles. The molecule has 5 amide bonds. The smallest absolute Gasteiger partial charge is 0.289 e. The number of ketones is 1. The SMILES string of the molecule is CCC[C@H](NC(=O)CN(C[C@@H]1CCC[C@@H]1C)C(=O)C(NC(=O)[C@@H](NC(=O)c1cnccn1)C1CCCCC1)C(C)(C)C)C(=O)C(=O)NC1CC1. The maximum absolute atomic E-state index is 14.6. The Kier molecular flexibility index (Phi) is 13.9. The second-order valence-corrected chi connectivity index (χ2v) is 15.7. The Bertz CT molecular complexity index is 1360. The summed E-state index contributed by atoms with van der Waals surface area (Å²) in [5.74, 6) is -2.91. The first kappa shape index (κ1) is 38.9. The molecule has 13 heteroatoms. The monoisotopic (exact) mass is 695 g/mol. The number of aromatic nitrogens is 2. The summed E-state index contributed by atoms with van der Waals surface area (Å²) in [7, 11) is 0. The Morgan fingerprint density at radius 1 is 0.900 bits per heavy atom. The van der Waals surface area contributed by atoms with Crippen molar-refractivity contribution in [1.82, 2.24) is 36.1 Å². The molecule has 1 aromatic rings. The molecule has 0 saturated heterocycles. The number of rotatable bonds is 16. The van der Waals surface area contributed by atoms with Crippen molar-refractivity contribution in [1.29, 1.82) is 0 Å². The Balaban J connectivity index is 1.54. The van der Waals surface area contributed by atoms with Crippen molar-refractivity contribution < 1.29 is 28.8 Å². The van der Waals surface area contributed by atoms with Crippen LogP contribution in [0.5, 0.6) is 0 Å². The Hall–Kier alpha value is -3.90. The van der Waals surface area contributed by atoms with Crippen molar-refractivity contribution in [2.45, 2.75) is 136 Å². The van der Waals surface area contributed by atoms with Gasteiger partial charge in [0.2, 0.25) is 23.5 Å². The lowest BCUT2D eigenvalue weighted by Gasteiger charge is -2.38. The van der Waals surface area contributed by atoms with E-state index in [1.165, 1.54) is 23.5 Å². The van der Waals surface area contributed by atoms with Crippen molar-refractivity contribution in [2.75, 3.05) is 13.1 Å². The number of nitrogens with zero attached hydrogens (tertiary/aromatic N) is 3. The summed E-state index contributed by atoms with van der Waals surface area (Å²) in [6, 6.07) is -2.90. The second kappa shape index (κ2) is 17.8.